The minimum atomic E-state index is -4.43. The third-order valence-corrected chi connectivity index (χ3v) is 2.64. The van der Waals surface area contributed by atoms with E-state index in [0.717, 1.165) is 25.0 Å². The number of hydrogen-bond acceptors (Lipinski definition) is 4. The predicted octanol–water partition coefficient (Wildman–Crippen LogP) is 3.38. The first-order valence-electron chi connectivity index (χ1n) is 6.02. The van der Waals surface area contributed by atoms with Crippen LogP contribution in [0.2, 0.25) is 0 Å². The highest BCUT2D eigenvalue weighted by molar-refractivity contribution is 5.50. The Labute approximate surface area is 110 Å². The second-order valence-corrected chi connectivity index (χ2v) is 5.03. The van der Waals surface area contributed by atoms with E-state index in [9.17, 15) is 13.2 Å². The van der Waals surface area contributed by atoms with Crippen LogP contribution in [0.1, 0.15) is 39.2 Å². The van der Waals surface area contributed by atoms with E-state index in [1.807, 2.05) is 20.8 Å². The van der Waals surface area contributed by atoms with E-state index in [2.05, 4.69) is 15.7 Å². The summed E-state index contributed by atoms with van der Waals surface area (Å²) in [4.78, 5) is 3.99. The molecule has 0 saturated carbocycles. The maximum Gasteiger partial charge on any atom is 0.416 e. The molecular formula is C12H19F3N4. The molecule has 4 N–H and O–H groups in total. The number of alkyl halides is 3. The molecule has 0 bridgehead atoms. The molecule has 0 fully saturated rings. The third-order valence-electron chi connectivity index (χ3n) is 2.64. The summed E-state index contributed by atoms with van der Waals surface area (Å²) in [5, 5.41) is 3.00. The molecule has 1 aromatic rings. The van der Waals surface area contributed by atoms with Gasteiger partial charge in [-0.05, 0) is 32.4 Å². The van der Waals surface area contributed by atoms with E-state index in [4.69, 9.17) is 5.84 Å². The molecule has 108 valence electrons. The first-order chi connectivity index (χ1) is 8.68. The summed E-state index contributed by atoms with van der Waals surface area (Å²) in [5.41, 5.74) is 1.02. The van der Waals surface area contributed by atoms with E-state index in [1.165, 1.54) is 0 Å². The van der Waals surface area contributed by atoms with Gasteiger partial charge in [-0.2, -0.15) is 13.2 Å². The number of nitrogens with two attached hydrogens (primary N) is 1. The Bertz CT molecular complexity index is 429. The molecule has 0 spiro atoms. The monoisotopic (exact) mass is 276 g/mol. The Morgan fingerprint density at radius 1 is 1.21 bits per heavy atom. The highest BCUT2D eigenvalue weighted by Gasteiger charge is 2.32. The molecule has 1 aromatic heterocycles. The quantitative estimate of drug-likeness (QED) is 0.570. The fourth-order valence-corrected chi connectivity index (χ4v) is 1.87. The van der Waals surface area contributed by atoms with Crippen molar-refractivity contribution in [3.8, 4) is 0 Å². The number of nitrogens with zero attached hydrogens (tertiary/aromatic N) is 1. The van der Waals surface area contributed by atoms with Gasteiger partial charge in [0.2, 0.25) is 0 Å². The molecule has 1 rings (SSSR count). The lowest BCUT2D eigenvalue weighted by Crippen LogP contribution is -2.31. The molecule has 1 heterocycles. The van der Waals surface area contributed by atoms with Gasteiger partial charge in [0.05, 0.1) is 5.56 Å². The number of halogens is 3. The normalized spacial score (nSPS) is 12.4. The van der Waals surface area contributed by atoms with Gasteiger partial charge in [-0.15, -0.1) is 0 Å². The van der Waals surface area contributed by atoms with Crippen LogP contribution in [0.3, 0.4) is 0 Å². The zero-order chi connectivity index (χ0) is 14.7. The van der Waals surface area contributed by atoms with Crippen LogP contribution in [-0.4, -0.2) is 10.5 Å². The number of pyridine rings is 1. The fraction of sp³-hybridized carbons (Fsp3) is 0.583. The minimum absolute atomic E-state index is 0.0235. The van der Waals surface area contributed by atoms with Crippen molar-refractivity contribution < 1.29 is 13.2 Å². The van der Waals surface area contributed by atoms with Gasteiger partial charge in [-0.1, -0.05) is 13.3 Å². The van der Waals surface area contributed by atoms with Crippen molar-refractivity contribution in [2.45, 2.75) is 45.3 Å². The number of aromatic nitrogens is 1. The molecule has 0 aliphatic carbocycles. The summed E-state index contributed by atoms with van der Waals surface area (Å²) in [7, 11) is 0. The summed E-state index contributed by atoms with van der Waals surface area (Å²) in [6, 6.07) is 1.86. The lowest BCUT2D eigenvalue weighted by atomic mass is 9.99. The molecule has 0 aliphatic heterocycles. The zero-order valence-corrected chi connectivity index (χ0v) is 11.2. The number of nitrogens with one attached hydrogen (secondary N) is 2. The number of hydrogen-bond donors (Lipinski definition) is 3. The van der Waals surface area contributed by atoms with Crippen LogP contribution in [0, 0.1) is 0 Å². The summed E-state index contributed by atoms with van der Waals surface area (Å²) < 4.78 is 38.2. The van der Waals surface area contributed by atoms with Gasteiger partial charge < -0.3 is 10.7 Å². The molecule has 0 aromatic carbocycles. The molecule has 0 amide bonds. The minimum Gasteiger partial charge on any atom is -0.365 e. The SMILES string of the molecule is CCCC(C)(C)Nc1cc(C(F)(F)F)cc(NN)n1. The summed E-state index contributed by atoms with van der Waals surface area (Å²) >= 11 is 0. The molecule has 0 aliphatic rings. The van der Waals surface area contributed by atoms with Crippen LogP contribution in [0.4, 0.5) is 24.8 Å². The van der Waals surface area contributed by atoms with E-state index in [0.29, 0.717) is 0 Å². The summed E-state index contributed by atoms with van der Waals surface area (Å²) in [5.74, 6) is 5.28. The van der Waals surface area contributed by atoms with Crippen LogP contribution in [0.15, 0.2) is 12.1 Å². The van der Waals surface area contributed by atoms with Gasteiger partial charge >= 0.3 is 6.18 Å². The Hall–Kier alpha value is -1.50. The Morgan fingerprint density at radius 2 is 1.79 bits per heavy atom. The van der Waals surface area contributed by atoms with Crippen LogP contribution < -0.4 is 16.6 Å². The van der Waals surface area contributed by atoms with Crippen molar-refractivity contribution in [1.82, 2.24) is 4.98 Å². The van der Waals surface area contributed by atoms with Crippen LogP contribution >= 0.6 is 0 Å². The number of anilines is 2. The summed E-state index contributed by atoms with van der Waals surface area (Å²) in [6.07, 6.45) is -2.70. The Kier molecular flexibility index (Phi) is 4.62. The highest BCUT2D eigenvalue weighted by Crippen LogP contribution is 2.32. The lowest BCUT2D eigenvalue weighted by molar-refractivity contribution is -0.137. The average Bonchev–Trinajstić information content (AvgIpc) is 2.26. The molecular weight excluding hydrogens is 257 g/mol. The first kappa shape index (κ1) is 15.6. The Balaban J connectivity index is 3.07. The second kappa shape index (κ2) is 5.64. The molecule has 0 saturated heterocycles. The van der Waals surface area contributed by atoms with Crippen molar-refractivity contribution in [2.24, 2.45) is 5.84 Å². The fourth-order valence-electron chi connectivity index (χ4n) is 1.87. The van der Waals surface area contributed by atoms with Crippen LogP contribution in [0.5, 0.6) is 0 Å². The molecule has 0 atom stereocenters. The Morgan fingerprint density at radius 3 is 2.26 bits per heavy atom. The summed E-state index contributed by atoms with van der Waals surface area (Å²) in [6.45, 7) is 5.83. The van der Waals surface area contributed by atoms with Crippen LogP contribution in [-0.2, 0) is 6.18 Å². The lowest BCUT2D eigenvalue weighted by Gasteiger charge is -2.27. The van der Waals surface area contributed by atoms with Gasteiger partial charge in [-0.3, -0.25) is 0 Å². The van der Waals surface area contributed by atoms with E-state index >= 15 is 0 Å². The molecule has 0 radical (unpaired) electrons. The number of hydrazine groups is 1. The van der Waals surface area contributed by atoms with Gasteiger partial charge in [0.1, 0.15) is 11.6 Å². The number of nitrogen functional groups attached to an aromatic ring is 1. The molecule has 4 nitrogen and oxygen atoms in total. The molecule has 0 unspecified atom stereocenters. The van der Waals surface area contributed by atoms with E-state index in [1.54, 1.807) is 0 Å². The maximum atomic E-state index is 12.7. The highest BCUT2D eigenvalue weighted by atomic mass is 19.4. The molecule has 19 heavy (non-hydrogen) atoms. The van der Waals surface area contributed by atoms with Crippen LogP contribution in [0.25, 0.3) is 0 Å². The zero-order valence-electron chi connectivity index (χ0n) is 11.2. The van der Waals surface area contributed by atoms with Crippen molar-refractivity contribution >= 4 is 11.6 Å². The maximum absolute atomic E-state index is 12.7. The van der Waals surface area contributed by atoms with Crippen molar-refractivity contribution in [1.29, 1.82) is 0 Å². The second-order valence-electron chi connectivity index (χ2n) is 5.03. The standard InChI is InChI=1S/C12H19F3N4/c1-4-5-11(2,3)18-9-6-8(12(13,14)15)7-10(17-9)19-16/h6-7H,4-5,16H2,1-3H3,(H2,17,18,19). The smallest absolute Gasteiger partial charge is 0.365 e. The van der Waals surface area contributed by atoms with Crippen molar-refractivity contribution in [3.63, 3.8) is 0 Å². The largest absolute Gasteiger partial charge is 0.416 e. The van der Waals surface area contributed by atoms with Gasteiger partial charge in [-0.25, -0.2) is 10.8 Å². The van der Waals surface area contributed by atoms with Gasteiger partial charge in [0.15, 0.2) is 0 Å². The van der Waals surface area contributed by atoms with Crippen molar-refractivity contribution in [3.05, 3.63) is 17.7 Å². The average molecular weight is 276 g/mol. The predicted molar refractivity (Wildman–Crippen MR) is 69.7 cm³/mol. The van der Waals surface area contributed by atoms with E-state index < -0.39 is 11.7 Å². The third kappa shape index (κ3) is 4.59. The number of rotatable bonds is 5. The molecule has 7 heteroatoms. The first-order valence-corrected chi connectivity index (χ1v) is 6.02. The van der Waals surface area contributed by atoms with E-state index in [-0.39, 0.29) is 17.2 Å². The topological polar surface area (TPSA) is 63.0 Å². The van der Waals surface area contributed by atoms with Gasteiger partial charge in [0, 0.05) is 5.54 Å². The van der Waals surface area contributed by atoms with Crippen molar-refractivity contribution in [2.75, 3.05) is 10.7 Å². The van der Waals surface area contributed by atoms with Gasteiger partial charge in [0.25, 0.3) is 0 Å².